The first-order valence-electron chi connectivity index (χ1n) is 9.96. The molecule has 174 valence electrons. The van der Waals surface area contributed by atoms with E-state index in [-0.39, 0.29) is 18.5 Å². The Hall–Kier alpha value is -3.57. The molecule has 11 heteroatoms. The first-order chi connectivity index (χ1) is 15.5. The van der Waals surface area contributed by atoms with Gasteiger partial charge in [-0.15, -0.1) is 0 Å². The molecule has 0 saturated carbocycles. The van der Waals surface area contributed by atoms with E-state index in [1.54, 1.807) is 49.6 Å². The van der Waals surface area contributed by atoms with Crippen molar-refractivity contribution in [1.29, 1.82) is 0 Å². The Bertz CT molecular complexity index is 1320. The van der Waals surface area contributed by atoms with Crippen molar-refractivity contribution in [2.75, 3.05) is 6.26 Å². The molecule has 0 spiro atoms. The molecule has 1 amide bonds. The standard InChI is InChI=1S/C22H24N4O6S/c1-15-20(24-11-10-23-15)32-18-6-4-16(5-7-18)17-8-12-26(19(27)14-17)13-9-22(2,21(28)25-29)33(3,30)31/h4-8,10-12,14,29H,9,13H2,1-3H3,(H,25,28). The lowest BCUT2D eigenvalue weighted by molar-refractivity contribution is -0.131. The first-order valence-corrected chi connectivity index (χ1v) is 11.8. The highest BCUT2D eigenvalue weighted by Crippen LogP contribution is 2.26. The molecule has 3 aromatic rings. The van der Waals surface area contributed by atoms with E-state index in [1.165, 1.54) is 29.2 Å². The number of nitrogens with one attached hydrogen (secondary N) is 1. The third-order valence-corrected chi connectivity index (χ3v) is 7.49. The highest BCUT2D eigenvalue weighted by molar-refractivity contribution is 7.92. The molecule has 2 heterocycles. The molecule has 0 aliphatic carbocycles. The van der Waals surface area contributed by atoms with E-state index in [0.29, 0.717) is 22.9 Å². The molecule has 0 bridgehead atoms. The van der Waals surface area contributed by atoms with Crippen LogP contribution in [-0.2, 0) is 21.2 Å². The molecule has 0 fully saturated rings. The Labute approximate surface area is 190 Å². The Morgan fingerprint density at radius 1 is 1.15 bits per heavy atom. The number of pyridine rings is 1. The normalized spacial score (nSPS) is 13.2. The van der Waals surface area contributed by atoms with E-state index in [0.717, 1.165) is 11.8 Å². The van der Waals surface area contributed by atoms with E-state index in [4.69, 9.17) is 9.94 Å². The number of hydrogen-bond acceptors (Lipinski definition) is 8. The maximum atomic E-state index is 12.6. The highest BCUT2D eigenvalue weighted by atomic mass is 32.2. The fraction of sp³-hybridized carbons (Fsp3) is 0.273. The summed E-state index contributed by atoms with van der Waals surface area (Å²) in [5, 5.41) is 8.92. The number of hydrogen-bond donors (Lipinski definition) is 2. The molecule has 0 aliphatic heterocycles. The van der Waals surface area contributed by atoms with Crippen LogP contribution in [0.25, 0.3) is 11.1 Å². The SMILES string of the molecule is Cc1nccnc1Oc1ccc(-c2ccn(CCC(C)(C(=O)NO)S(C)(=O)=O)c(=O)c2)cc1. The second-order valence-corrected chi connectivity index (χ2v) is 10.2. The molecule has 1 unspecified atom stereocenters. The number of carbonyl (C=O) groups excluding carboxylic acids is 1. The van der Waals surface area contributed by atoms with E-state index in [1.807, 2.05) is 0 Å². The number of carbonyl (C=O) groups is 1. The zero-order valence-corrected chi connectivity index (χ0v) is 19.2. The molecule has 0 radical (unpaired) electrons. The summed E-state index contributed by atoms with van der Waals surface area (Å²) in [7, 11) is -3.85. The molecule has 10 nitrogen and oxygen atoms in total. The predicted molar refractivity (Wildman–Crippen MR) is 121 cm³/mol. The average molecular weight is 473 g/mol. The van der Waals surface area contributed by atoms with E-state index >= 15 is 0 Å². The monoisotopic (exact) mass is 472 g/mol. The summed E-state index contributed by atoms with van der Waals surface area (Å²) in [6.45, 7) is 2.97. The number of amides is 1. The van der Waals surface area contributed by atoms with Crippen LogP contribution >= 0.6 is 0 Å². The van der Waals surface area contributed by atoms with Crippen LogP contribution in [0.15, 0.2) is 59.8 Å². The van der Waals surface area contributed by atoms with Gasteiger partial charge in [-0.05, 0) is 49.6 Å². The Morgan fingerprint density at radius 3 is 2.39 bits per heavy atom. The number of nitrogens with zero attached hydrogens (tertiary/aromatic N) is 3. The van der Waals surface area contributed by atoms with Gasteiger partial charge in [0.15, 0.2) is 14.6 Å². The highest BCUT2D eigenvalue weighted by Gasteiger charge is 2.43. The lowest BCUT2D eigenvalue weighted by Gasteiger charge is -2.25. The summed E-state index contributed by atoms with van der Waals surface area (Å²) >= 11 is 0. The van der Waals surface area contributed by atoms with Gasteiger partial charge in [0.05, 0.1) is 5.69 Å². The average Bonchev–Trinajstić information content (AvgIpc) is 2.78. The largest absolute Gasteiger partial charge is 0.437 e. The molecule has 2 N–H and O–H groups in total. The van der Waals surface area contributed by atoms with Gasteiger partial charge in [0.1, 0.15) is 5.75 Å². The minimum atomic E-state index is -3.85. The van der Waals surface area contributed by atoms with Crippen LogP contribution in [-0.4, -0.2) is 45.1 Å². The quantitative estimate of drug-likeness (QED) is 0.375. The summed E-state index contributed by atoms with van der Waals surface area (Å²) < 4.78 is 29.3. The number of rotatable bonds is 8. The summed E-state index contributed by atoms with van der Waals surface area (Å²) in [6, 6.07) is 10.2. The van der Waals surface area contributed by atoms with Gasteiger partial charge in [-0.1, -0.05) is 12.1 Å². The second kappa shape index (κ2) is 9.51. The predicted octanol–water partition coefficient (Wildman–Crippen LogP) is 2.10. The van der Waals surface area contributed by atoms with Gasteiger partial charge in [0.2, 0.25) is 5.88 Å². The fourth-order valence-electron chi connectivity index (χ4n) is 3.11. The molecule has 3 rings (SSSR count). The van der Waals surface area contributed by atoms with Gasteiger partial charge in [-0.2, -0.15) is 0 Å². The van der Waals surface area contributed by atoms with E-state index < -0.39 is 20.5 Å². The zero-order chi connectivity index (χ0) is 24.2. The molecule has 33 heavy (non-hydrogen) atoms. The maximum Gasteiger partial charge on any atom is 0.264 e. The summed E-state index contributed by atoms with van der Waals surface area (Å²) in [5.41, 5.74) is 3.14. The number of aryl methyl sites for hydroxylation is 2. The van der Waals surface area contributed by atoms with Gasteiger partial charge < -0.3 is 9.30 Å². The van der Waals surface area contributed by atoms with Crippen LogP contribution in [0.1, 0.15) is 19.0 Å². The number of sulfone groups is 1. The molecule has 2 aromatic heterocycles. The van der Waals surface area contributed by atoms with Gasteiger partial charge in [-0.3, -0.25) is 19.8 Å². The van der Waals surface area contributed by atoms with Crippen LogP contribution in [0.4, 0.5) is 0 Å². The number of benzene rings is 1. The molecule has 0 saturated heterocycles. The minimum absolute atomic E-state index is 0.0274. The van der Waals surface area contributed by atoms with Crippen molar-refractivity contribution in [1.82, 2.24) is 20.0 Å². The van der Waals surface area contributed by atoms with Crippen molar-refractivity contribution in [3.63, 3.8) is 0 Å². The van der Waals surface area contributed by atoms with Crippen LogP contribution in [0.2, 0.25) is 0 Å². The summed E-state index contributed by atoms with van der Waals surface area (Å²) in [5.74, 6) is -0.0737. The van der Waals surface area contributed by atoms with Crippen LogP contribution in [0.5, 0.6) is 11.6 Å². The second-order valence-electron chi connectivity index (χ2n) is 7.71. The lowest BCUT2D eigenvalue weighted by Crippen LogP contribution is -2.49. The topological polar surface area (TPSA) is 140 Å². The van der Waals surface area contributed by atoms with Gasteiger partial charge in [0.25, 0.3) is 11.5 Å². The minimum Gasteiger partial charge on any atom is -0.437 e. The first kappa shape index (κ1) is 24.1. The zero-order valence-electron chi connectivity index (χ0n) is 18.3. The maximum absolute atomic E-state index is 12.6. The third-order valence-electron chi connectivity index (χ3n) is 5.46. The van der Waals surface area contributed by atoms with Crippen LogP contribution in [0, 0.1) is 6.92 Å². The fourth-order valence-corrected chi connectivity index (χ4v) is 3.96. The van der Waals surface area contributed by atoms with Crippen molar-refractivity contribution in [3.05, 3.63) is 71.0 Å². The van der Waals surface area contributed by atoms with Crippen molar-refractivity contribution in [3.8, 4) is 22.8 Å². The number of aromatic nitrogens is 3. The van der Waals surface area contributed by atoms with E-state index in [2.05, 4.69) is 9.97 Å². The van der Waals surface area contributed by atoms with E-state index in [9.17, 15) is 18.0 Å². The van der Waals surface area contributed by atoms with Crippen molar-refractivity contribution in [2.45, 2.75) is 31.6 Å². The van der Waals surface area contributed by atoms with Crippen LogP contribution < -0.4 is 15.8 Å². The summed E-state index contributed by atoms with van der Waals surface area (Å²) in [6.07, 6.45) is 5.37. The Morgan fingerprint density at radius 2 is 1.82 bits per heavy atom. The molecule has 1 atom stereocenters. The smallest absolute Gasteiger partial charge is 0.264 e. The van der Waals surface area contributed by atoms with Crippen molar-refractivity contribution >= 4 is 15.7 Å². The molecular weight excluding hydrogens is 448 g/mol. The number of hydroxylamine groups is 1. The Balaban J connectivity index is 1.76. The van der Waals surface area contributed by atoms with Crippen molar-refractivity contribution in [2.24, 2.45) is 0 Å². The van der Waals surface area contributed by atoms with Gasteiger partial charge in [-0.25, -0.2) is 18.9 Å². The van der Waals surface area contributed by atoms with Gasteiger partial charge >= 0.3 is 0 Å². The number of ether oxygens (including phenoxy) is 1. The molecular formula is C22H24N4O6S. The van der Waals surface area contributed by atoms with Gasteiger partial charge in [0, 0.05) is 37.5 Å². The van der Waals surface area contributed by atoms with Crippen molar-refractivity contribution < 1.29 is 23.2 Å². The lowest BCUT2D eigenvalue weighted by atomic mass is 10.1. The third kappa shape index (κ3) is 5.26. The van der Waals surface area contributed by atoms with Crippen LogP contribution in [0.3, 0.4) is 0 Å². The molecule has 1 aromatic carbocycles. The molecule has 0 aliphatic rings. The summed E-state index contributed by atoms with van der Waals surface area (Å²) in [4.78, 5) is 32.8. The Kier molecular flexibility index (Phi) is 6.94.